The highest BCUT2D eigenvalue weighted by molar-refractivity contribution is 9.11. The number of halogens is 1. The van der Waals surface area contributed by atoms with Crippen LogP contribution >= 0.6 is 27.3 Å². The molecule has 6 heteroatoms. The van der Waals surface area contributed by atoms with Crippen molar-refractivity contribution in [3.63, 3.8) is 0 Å². The van der Waals surface area contributed by atoms with Crippen LogP contribution in [0.25, 0.3) is 0 Å². The van der Waals surface area contributed by atoms with Crippen LogP contribution in [0.15, 0.2) is 15.9 Å². The van der Waals surface area contributed by atoms with Gasteiger partial charge in [0, 0.05) is 24.1 Å². The van der Waals surface area contributed by atoms with Gasteiger partial charge in [-0.05, 0) is 119 Å². The number of aliphatic hydroxyl groups is 1. The number of carbonyl (C=O) groups excluding carboxylic acids is 2. The van der Waals surface area contributed by atoms with Gasteiger partial charge in [0.15, 0.2) is 0 Å². The Bertz CT molecular complexity index is 1020. The summed E-state index contributed by atoms with van der Waals surface area (Å²) in [7, 11) is 0. The molecule has 0 spiro atoms. The Hall–Kier alpha value is -0.720. The van der Waals surface area contributed by atoms with Crippen molar-refractivity contribution in [2.45, 2.75) is 105 Å². The van der Waals surface area contributed by atoms with Crippen molar-refractivity contribution in [1.82, 2.24) is 5.32 Å². The summed E-state index contributed by atoms with van der Waals surface area (Å²) in [4.78, 5) is 26.7. The van der Waals surface area contributed by atoms with Crippen LogP contribution in [0, 0.1) is 52.3 Å². The van der Waals surface area contributed by atoms with Crippen LogP contribution in [0.5, 0.6) is 0 Å². The lowest BCUT2D eigenvalue weighted by Gasteiger charge is -2.61. The molecule has 0 aromatic carbocycles. The van der Waals surface area contributed by atoms with Crippen LogP contribution < -0.4 is 5.32 Å². The van der Waals surface area contributed by atoms with Crippen molar-refractivity contribution in [2.24, 2.45) is 52.3 Å². The smallest absolute Gasteiger partial charge is 0.220 e. The maximum Gasteiger partial charge on any atom is 0.220 e. The Kier molecular flexibility index (Phi) is 7.79. The molecule has 4 fully saturated rings. The van der Waals surface area contributed by atoms with Crippen molar-refractivity contribution < 1.29 is 14.7 Å². The fraction of sp³-hybridized carbons (Fsp3) is 0.806. The average Bonchev–Trinajstić information content (AvgIpc) is 3.41. The average molecular weight is 593 g/mol. The maximum absolute atomic E-state index is 13.3. The number of thiophene rings is 1. The van der Waals surface area contributed by atoms with Gasteiger partial charge < -0.3 is 10.4 Å². The zero-order valence-corrected chi connectivity index (χ0v) is 25.7. The third kappa shape index (κ3) is 4.90. The van der Waals surface area contributed by atoms with Crippen LogP contribution in [-0.4, -0.2) is 22.9 Å². The number of amides is 1. The molecule has 4 aliphatic carbocycles. The molecule has 1 aromatic heterocycles. The molecule has 2 N–H and O–H groups in total. The van der Waals surface area contributed by atoms with E-state index in [1.165, 1.54) is 30.6 Å². The van der Waals surface area contributed by atoms with Gasteiger partial charge in [-0.3, -0.25) is 9.59 Å². The summed E-state index contributed by atoms with van der Waals surface area (Å²) in [5.74, 6) is 3.71. The molecule has 4 aliphatic rings. The maximum atomic E-state index is 13.3. The van der Waals surface area contributed by atoms with Gasteiger partial charge in [0.2, 0.25) is 5.91 Å². The summed E-state index contributed by atoms with van der Waals surface area (Å²) in [5.41, 5.74) is 0.341. The topological polar surface area (TPSA) is 66.4 Å². The van der Waals surface area contributed by atoms with E-state index in [-0.39, 0.29) is 34.8 Å². The second-order valence-corrected chi connectivity index (χ2v) is 16.4. The van der Waals surface area contributed by atoms with Crippen LogP contribution in [0.2, 0.25) is 0 Å². The highest BCUT2D eigenvalue weighted by atomic mass is 79.9. The van der Waals surface area contributed by atoms with Crippen LogP contribution in [0.1, 0.15) is 103 Å². The van der Waals surface area contributed by atoms with Gasteiger partial charge in [0.05, 0.1) is 15.9 Å². The third-order valence-corrected chi connectivity index (χ3v) is 13.4. The predicted molar refractivity (Wildman–Crippen MR) is 153 cm³/mol. The molecule has 10 atom stereocenters. The van der Waals surface area contributed by atoms with Gasteiger partial charge in [-0.2, -0.15) is 0 Å². The molecule has 0 aliphatic heterocycles. The van der Waals surface area contributed by atoms with Crippen molar-refractivity contribution >= 4 is 39.0 Å². The summed E-state index contributed by atoms with van der Waals surface area (Å²) in [6.45, 7) is 11.6. The summed E-state index contributed by atoms with van der Waals surface area (Å²) < 4.78 is 1.10. The van der Waals surface area contributed by atoms with Crippen LogP contribution in [0.3, 0.4) is 0 Å². The quantitative estimate of drug-likeness (QED) is 0.359. The fourth-order valence-electron chi connectivity index (χ4n) is 9.79. The van der Waals surface area contributed by atoms with E-state index in [1.54, 1.807) is 11.3 Å². The van der Waals surface area contributed by atoms with Gasteiger partial charge in [-0.25, -0.2) is 0 Å². The molecule has 206 valence electrons. The standard InChI is InChI=1S/C31H46BrNO3S/c1-17(2)29(26-8-9-27(32)37-26)33-28(36)14-18(3)21-6-7-22-20-16-25(35)24-15-19(34)10-12-31(24,5)23(20)11-13-30(21,22)4/h8-9,17-18,20-25,29,35H,6-7,10-16H2,1-5H3,(H,33,36)/t18-,20+,21?,22+,23+,24+,25+,29?,30-,31-/m1/s1. The monoisotopic (exact) mass is 591 g/mol. The van der Waals surface area contributed by atoms with Crippen molar-refractivity contribution in [2.75, 3.05) is 0 Å². The molecule has 5 rings (SSSR count). The Morgan fingerprint density at radius 3 is 2.51 bits per heavy atom. The molecule has 0 bridgehead atoms. The lowest BCUT2D eigenvalue weighted by molar-refractivity contribution is -0.166. The Morgan fingerprint density at radius 1 is 1.11 bits per heavy atom. The molecule has 1 amide bonds. The predicted octanol–water partition coefficient (Wildman–Crippen LogP) is 7.55. The highest BCUT2D eigenvalue weighted by Gasteiger charge is 2.62. The van der Waals surface area contributed by atoms with E-state index in [4.69, 9.17) is 0 Å². The minimum Gasteiger partial charge on any atom is -0.393 e. The van der Waals surface area contributed by atoms with Gasteiger partial charge >= 0.3 is 0 Å². The molecule has 37 heavy (non-hydrogen) atoms. The fourth-order valence-corrected chi connectivity index (χ4v) is 11.4. The first-order valence-electron chi connectivity index (χ1n) is 14.7. The normalized spacial score (nSPS) is 41.0. The Morgan fingerprint density at radius 2 is 1.84 bits per heavy atom. The molecule has 1 heterocycles. The van der Waals surface area contributed by atoms with E-state index in [1.807, 2.05) is 0 Å². The first kappa shape index (κ1) is 27.8. The molecule has 2 unspecified atom stereocenters. The first-order valence-corrected chi connectivity index (χ1v) is 16.3. The summed E-state index contributed by atoms with van der Waals surface area (Å²) >= 11 is 5.27. The van der Waals surface area contributed by atoms with E-state index < -0.39 is 0 Å². The summed E-state index contributed by atoms with van der Waals surface area (Å²) in [5, 5.41) is 14.6. The molecular weight excluding hydrogens is 546 g/mol. The minimum atomic E-state index is -0.342. The largest absolute Gasteiger partial charge is 0.393 e. The van der Waals surface area contributed by atoms with Crippen LogP contribution in [0.4, 0.5) is 0 Å². The number of rotatable bonds is 6. The van der Waals surface area contributed by atoms with Gasteiger partial charge in [0.25, 0.3) is 0 Å². The first-order chi connectivity index (χ1) is 17.4. The molecule has 0 radical (unpaired) electrons. The van der Waals surface area contributed by atoms with E-state index in [9.17, 15) is 14.7 Å². The Balaban J connectivity index is 1.27. The SMILES string of the molecule is CC(C)C(NC(=O)C[C@@H](C)C1CC[C@H]2[C@@H]3C[C@H](O)[C@@H]4CC(=O)CC[C@]4(C)[C@H]3CC[C@]12C)c1ccc(Br)s1. The molecule has 1 aromatic rings. The number of carbonyl (C=O) groups is 2. The zero-order chi connectivity index (χ0) is 26.7. The van der Waals surface area contributed by atoms with Crippen molar-refractivity contribution in [3.05, 3.63) is 20.8 Å². The van der Waals surface area contributed by atoms with Crippen molar-refractivity contribution in [3.8, 4) is 0 Å². The molecular formula is C31H46BrNO3S. The number of ketones is 1. The number of aliphatic hydroxyl groups excluding tert-OH is 1. The van der Waals surface area contributed by atoms with Gasteiger partial charge in [0.1, 0.15) is 5.78 Å². The van der Waals surface area contributed by atoms with E-state index >= 15 is 0 Å². The number of hydrogen-bond donors (Lipinski definition) is 2. The summed E-state index contributed by atoms with van der Waals surface area (Å²) in [6, 6.07) is 4.24. The van der Waals surface area contributed by atoms with Gasteiger partial charge in [-0.15, -0.1) is 11.3 Å². The summed E-state index contributed by atoms with van der Waals surface area (Å²) in [6.07, 6.45) is 8.19. The lowest BCUT2D eigenvalue weighted by Crippen LogP contribution is -2.58. The van der Waals surface area contributed by atoms with E-state index in [0.717, 1.165) is 16.6 Å². The number of fused-ring (bicyclic) bond motifs is 5. The lowest BCUT2D eigenvalue weighted by atomic mass is 9.44. The highest BCUT2D eigenvalue weighted by Crippen LogP contribution is 2.68. The Labute approximate surface area is 235 Å². The number of Topliss-reactive ketones (excluding diaryl/α,β-unsaturated/α-hetero) is 1. The van der Waals surface area contributed by atoms with E-state index in [2.05, 4.69) is 68.0 Å². The molecule has 4 nitrogen and oxygen atoms in total. The second kappa shape index (κ2) is 10.4. The van der Waals surface area contributed by atoms with Crippen LogP contribution in [-0.2, 0) is 9.59 Å². The molecule has 4 saturated carbocycles. The van der Waals surface area contributed by atoms with Gasteiger partial charge in [-0.1, -0.05) is 34.6 Å². The zero-order valence-electron chi connectivity index (χ0n) is 23.3. The minimum absolute atomic E-state index is 0.0538. The number of hydrogen-bond acceptors (Lipinski definition) is 4. The second-order valence-electron chi connectivity index (χ2n) is 13.9. The van der Waals surface area contributed by atoms with E-state index in [0.29, 0.717) is 60.6 Å². The molecule has 0 saturated heterocycles. The van der Waals surface area contributed by atoms with Crippen molar-refractivity contribution in [1.29, 1.82) is 0 Å². The third-order valence-electron chi connectivity index (χ3n) is 11.7. The number of nitrogens with one attached hydrogen (secondary N) is 1.